The first-order valence-electron chi connectivity index (χ1n) is 12.9. The summed E-state index contributed by atoms with van der Waals surface area (Å²) < 4.78 is 3.82. The van der Waals surface area contributed by atoms with Gasteiger partial charge in [0, 0.05) is 42.7 Å². The van der Waals surface area contributed by atoms with E-state index in [0.717, 1.165) is 71.3 Å². The summed E-state index contributed by atoms with van der Waals surface area (Å²) in [6.07, 6.45) is 5.50. The number of rotatable bonds is 5. The average Bonchev–Trinajstić information content (AvgIpc) is 3.52. The minimum absolute atomic E-state index is 0.0444. The van der Waals surface area contributed by atoms with Gasteiger partial charge in [0.05, 0.1) is 17.1 Å². The number of pyridine rings is 1. The maximum atomic E-state index is 13.3. The van der Waals surface area contributed by atoms with Crippen molar-refractivity contribution in [2.24, 2.45) is 5.92 Å². The minimum Gasteiger partial charge on any atom is -0.355 e. The van der Waals surface area contributed by atoms with E-state index in [1.807, 2.05) is 92.2 Å². The number of aromatic nitrogens is 6. The van der Waals surface area contributed by atoms with Crippen LogP contribution in [0.5, 0.6) is 0 Å². The van der Waals surface area contributed by atoms with E-state index in [9.17, 15) is 4.79 Å². The number of hydrogen-bond donors (Lipinski definition) is 1. The molecule has 5 aromatic rings. The van der Waals surface area contributed by atoms with Crippen LogP contribution in [0.3, 0.4) is 0 Å². The summed E-state index contributed by atoms with van der Waals surface area (Å²) in [7, 11) is 0. The molecule has 1 aliphatic heterocycles. The van der Waals surface area contributed by atoms with Crippen LogP contribution in [0, 0.1) is 26.7 Å². The van der Waals surface area contributed by atoms with Crippen LogP contribution in [0.25, 0.3) is 22.7 Å². The van der Waals surface area contributed by atoms with Gasteiger partial charge < -0.3 is 14.6 Å². The Kier molecular flexibility index (Phi) is 6.11. The topological polar surface area (TPSA) is 93.2 Å². The molecule has 1 N–H and O–H groups in total. The molecule has 6 rings (SSSR count). The van der Waals surface area contributed by atoms with Gasteiger partial charge in [-0.2, -0.15) is 5.10 Å². The van der Waals surface area contributed by atoms with Crippen LogP contribution in [0.4, 0.5) is 11.5 Å². The summed E-state index contributed by atoms with van der Waals surface area (Å²) in [6, 6.07) is 17.9. The summed E-state index contributed by atoms with van der Waals surface area (Å²) in [5.74, 6) is 1.50. The fourth-order valence-electron chi connectivity index (χ4n) is 5.17. The van der Waals surface area contributed by atoms with Gasteiger partial charge in [0.25, 0.3) is 0 Å². The van der Waals surface area contributed by atoms with Crippen molar-refractivity contribution in [3.05, 3.63) is 83.9 Å². The molecule has 0 unspecified atom stereocenters. The maximum absolute atomic E-state index is 13.3. The molecule has 0 radical (unpaired) electrons. The Morgan fingerprint density at radius 2 is 1.71 bits per heavy atom. The Morgan fingerprint density at radius 1 is 0.947 bits per heavy atom. The number of carbonyl (C=O) groups excluding carboxylic acids is 1. The zero-order chi connectivity index (χ0) is 26.2. The van der Waals surface area contributed by atoms with Crippen molar-refractivity contribution >= 4 is 23.1 Å². The zero-order valence-electron chi connectivity index (χ0n) is 21.8. The highest BCUT2D eigenvalue weighted by molar-refractivity contribution is 5.96. The average molecular weight is 507 g/mol. The highest BCUT2D eigenvalue weighted by Crippen LogP contribution is 2.30. The second-order valence-corrected chi connectivity index (χ2v) is 9.93. The first-order chi connectivity index (χ1) is 18.5. The van der Waals surface area contributed by atoms with Crippen LogP contribution in [0.15, 0.2) is 67.0 Å². The van der Waals surface area contributed by atoms with E-state index in [4.69, 9.17) is 4.98 Å². The lowest BCUT2D eigenvalue weighted by Crippen LogP contribution is -2.38. The van der Waals surface area contributed by atoms with Crippen LogP contribution >= 0.6 is 0 Å². The number of carbonyl (C=O) groups is 1. The molecule has 0 bridgehead atoms. The molecule has 0 aliphatic carbocycles. The maximum Gasteiger partial charge on any atom is 0.227 e. The summed E-state index contributed by atoms with van der Waals surface area (Å²) in [4.78, 5) is 20.3. The summed E-state index contributed by atoms with van der Waals surface area (Å²) in [5.41, 5.74) is 6.54. The lowest BCUT2D eigenvalue weighted by atomic mass is 9.95. The monoisotopic (exact) mass is 506 g/mol. The molecule has 0 saturated carbocycles. The summed E-state index contributed by atoms with van der Waals surface area (Å²) in [5, 5.41) is 16.5. The molecule has 1 saturated heterocycles. The van der Waals surface area contributed by atoms with Crippen molar-refractivity contribution in [1.82, 2.24) is 29.4 Å². The van der Waals surface area contributed by atoms with Gasteiger partial charge in [0.15, 0.2) is 11.6 Å². The molecule has 9 heteroatoms. The molecular formula is C29H30N8O. The van der Waals surface area contributed by atoms with Gasteiger partial charge in [-0.15, -0.1) is 10.2 Å². The molecule has 9 nitrogen and oxygen atoms in total. The van der Waals surface area contributed by atoms with Gasteiger partial charge in [-0.05, 0) is 69.5 Å². The summed E-state index contributed by atoms with van der Waals surface area (Å²) in [6.45, 7) is 7.51. The number of hydrogen-bond acceptors (Lipinski definition) is 6. The SMILES string of the molecule is Cc1cc(C)n(-c2ccc(N3CCC(C(=O)Nc4ccccc4-c4cn5cccc(C)c5n4)CC3)nn2)n1. The van der Waals surface area contributed by atoms with Crippen molar-refractivity contribution in [2.45, 2.75) is 33.6 Å². The van der Waals surface area contributed by atoms with Crippen molar-refractivity contribution < 1.29 is 4.79 Å². The molecule has 1 fully saturated rings. The third kappa shape index (κ3) is 4.51. The zero-order valence-corrected chi connectivity index (χ0v) is 21.8. The lowest BCUT2D eigenvalue weighted by Gasteiger charge is -2.32. The van der Waals surface area contributed by atoms with Crippen molar-refractivity contribution in [3.8, 4) is 17.1 Å². The van der Waals surface area contributed by atoms with Crippen LogP contribution in [0.1, 0.15) is 29.8 Å². The fraction of sp³-hybridized carbons (Fsp3) is 0.276. The van der Waals surface area contributed by atoms with E-state index in [1.54, 1.807) is 4.68 Å². The van der Waals surface area contributed by atoms with Crippen molar-refractivity contribution in [2.75, 3.05) is 23.3 Å². The van der Waals surface area contributed by atoms with Gasteiger partial charge >= 0.3 is 0 Å². The number of anilines is 2. The number of nitrogens with one attached hydrogen (secondary N) is 1. The summed E-state index contributed by atoms with van der Waals surface area (Å²) >= 11 is 0. The number of amides is 1. The Labute approximate surface area is 221 Å². The van der Waals surface area contributed by atoms with E-state index >= 15 is 0 Å². The molecule has 0 atom stereocenters. The van der Waals surface area contributed by atoms with E-state index in [1.165, 1.54) is 0 Å². The first kappa shape index (κ1) is 23.8. The Balaban J connectivity index is 1.12. The van der Waals surface area contributed by atoms with Gasteiger partial charge in [0.2, 0.25) is 5.91 Å². The van der Waals surface area contributed by atoms with Crippen LogP contribution in [-0.4, -0.2) is 48.4 Å². The highest BCUT2D eigenvalue weighted by atomic mass is 16.1. The van der Waals surface area contributed by atoms with E-state index in [-0.39, 0.29) is 11.8 Å². The predicted octanol–water partition coefficient (Wildman–Crippen LogP) is 4.76. The first-order valence-corrected chi connectivity index (χ1v) is 12.9. The van der Waals surface area contributed by atoms with Crippen LogP contribution in [-0.2, 0) is 4.79 Å². The second-order valence-electron chi connectivity index (χ2n) is 9.93. The predicted molar refractivity (Wildman–Crippen MR) is 148 cm³/mol. The number of benzene rings is 1. The van der Waals surface area contributed by atoms with Gasteiger partial charge in [0.1, 0.15) is 5.65 Å². The number of para-hydroxylation sites is 1. The van der Waals surface area contributed by atoms with E-state index in [2.05, 4.69) is 25.5 Å². The number of imidazole rings is 1. The second kappa shape index (κ2) is 9.74. The molecule has 1 aromatic carbocycles. The third-order valence-electron chi connectivity index (χ3n) is 7.19. The van der Waals surface area contributed by atoms with Crippen molar-refractivity contribution in [1.29, 1.82) is 0 Å². The Bertz CT molecular complexity index is 1610. The molecule has 4 aromatic heterocycles. The molecular weight excluding hydrogens is 476 g/mol. The van der Waals surface area contributed by atoms with Gasteiger partial charge in [-0.1, -0.05) is 24.3 Å². The lowest BCUT2D eigenvalue weighted by molar-refractivity contribution is -0.120. The molecule has 192 valence electrons. The highest BCUT2D eigenvalue weighted by Gasteiger charge is 2.26. The Morgan fingerprint density at radius 3 is 2.42 bits per heavy atom. The van der Waals surface area contributed by atoms with Gasteiger partial charge in [-0.25, -0.2) is 9.67 Å². The quantitative estimate of drug-likeness (QED) is 0.370. The number of piperidine rings is 1. The van der Waals surface area contributed by atoms with E-state index in [0.29, 0.717) is 5.82 Å². The molecule has 1 aliphatic rings. The van der Waals surface area contributed by atoms with Crippen molar-refractivity contribution in [3.63, 3.8) is 0 Å². The standard InChI is InChI=1S/C29H30N8O/c1-19-7-6-14-36-18-25(30-28(19)36)23-8-4-5-9-24(23)31-29(38)22-12-15-35(16-13-22)26-10-11-27(33-32-26)37-21(3)17-20(2)34-37/h4-11,14,17-18,22H,12-13,15-16H2,1-3H3,(H,31,38). The Hall–Kier alpha value is -4.53. The molecule has 38 heavy (non-hydrogen) atoms. The smallest absolute Gasteiger partial charge is 0.227 e. The van der Waals surface area contributed by atoms with E-state index < -0.39 is 0 Å². The number of nitrogens with zero attached hydrogens (tertiary/aromatic N) is 7. The fourth-order valence-corrected chi connectivity index (χ4v) is 5.17. The third-order valence-corrected chi connectivity index (χ3v) is 7.19. The number of aryl methyl sites for hydroxylation is 3. The molecule has 1 amide bonds. The molecule has 5 heterocycles. The van der Waals surface area contributed by atoms with Crippen LogP contribution < -0.4 is 10.2 Å². The van der Waals surface area contributed by atoms with Crippen LogP contribution in [0.2, 0.25) is 0 Å². The number of fused-ring (bicyclic) bond motifs is 1. The normalized spacial score (nSPS) is 14.2. The van der Waals surface area contributed by atoms with Gasteiger partial charge in [-0.3, -0.25) is 4.79 Å². The minimum atomic E-state index is -0.0652. The largest absolute Gasteiger partial charge is 0.355 e. The molecule has 0 spiro atoms.